The van der Waals surface area contributed by atoms with Crippen molar-refractivity contribution in [2.24, 2.45) is 0 Å². The van der Waals surface area contributed by atoms with E-state index in [9.17, 15) is 17.6 Å². The van der Waals surface area contributed by atoms with Crippen LogP contribution in [0.25, 0.3) is 0 Å². The van der Waals surface area contributed by atoms with Crippen molar-refractivity contribution in [3.05, 3.63) is 64.4 Å². The van der Waals surface area contributed by atoms with Gasteiger partial charge in [0.15, 0.2) is 0 Å². The Morgan fingerprint density at radius 3 is 2.31 bits per heavy atom. The van der Waals surface area contributed by atoms with Crippen LogP contribution in [0.4, 0.5) is 4.39 Å². The number of carbonyl (C=O) groups excluding carboxylic acids is 1. The maximum absolute atomic E-state index is 13.3. The number of benzene rings is 2. The summed E-state index contributed by atoms with van der Waals surface area (Å²) < 4.78 is 39.7. The molecule has 2 aromatic carbocycles. The van der Waals surface area contributed by atoms with Crippen LogP contribution in [0.2, 0.25) is 5.02 Å². The molecule has 1 unspecified atom stereocenters. The van der Waals surface area contributed by atoms with Gasteiger partial charge < -0.3 is 5.32 Å². The van der Waals surface area contributed by atoms with Gasteiger partial charge in [0.1, 0.15) is 5.82 Å². The lowest BCUT2D eigenvalue weighted by Crippen LogP contribution is -2.30. The fourth-order valence-corrected chi connectivity index (χ4v) is 4.62. The van der Waals surface area contributed by atoms with Gasteiger partial charge in [-0.2, -0.15) is 4.31 Å². The largest absolute Gasteiger partial charge is 0.350 e. The maximum Gasteiger partial charge on any atom is 0.243 e. The van der Waals surface area contributed by atoms with E-state index in [0.717, 1.165) is 11.1 Å². The molecule has 1 N–H and O–H groups in total. The van der Waals surface area contributed by atoms with Gasteiger partial charge in [-0.1, -0.05) is 43.6 Å². The van der Waals surface area contributed by atoms with E-state index < -0.39 is 15.8 Å². The van der Waals surface area contributed by atoms with Crippen molar-refractivity contribution in [2.75, 3.05) is 13.1 Å². The summed E-state index contributed by atoms with van der Waals surface area (Å²) in [6.45, 7) is 6.23. The summed E-state index contributed by atoms with van der Waals surface area (Å²) in [6.07, 6.45) is 0.732. The molecule has 158 valence electrons. The third-order valence-corrected chi connectivity index (χ3v) is 7.08. The summed E-state index contributed by atoms with van der Waals surface area (Å²) in [5.74, 6) is -0.654. The molecule has 1 amide bonds. The molecule has 0 aromatic heterocycles. The van der Waals surface area contributed by atoms with Gasteiger partial charge >= 0.3 is 0 Å². The highest BCUT2D eigenvalue weighted by atomic mass is 35.5. The van der Waals surface area contributed by atoms with E-state index in [-0.39, 0.29) is 28.3 Å². The van der Waals surface area contributed by atoms with E-state index in [0.29, 0.717) is 19.5 Å². The molecule has 5 nitrogen and oxygen atoms in total. The zero-order chi connectivity index (χ0) is 21.6. The van der Waals surface area contributed by atoms with E-state index >= 15 is 0 Å². The smallest absolute Gasteiger partial charge is 0.243 e. The molecule has 2 aromatic rings. The van der Waals surface area contributed by atoms with Crippen LogP contribution in [0.1, 0.15) is 44.4 Å². The van der Waals surface area contributed by atoms with Crippen molar-refractivity contribution in [2.45, 2.75) is 44.6 Å². The van der Waals surface area contributed by atoms with E-state index in [2.05, 4.69) is 5.32 Å². The molecule has 0 radical (unpaired) electrons. The Hall–Kier alpha value is -1.96. The van der Waals surface area contributed by atoms with Crippen LogP contribution in [0, 0.1) is 5.82 Å². The first-order valence-electron chi connectivity index (χ1n) is 9.52. The van der Waals surface area contributed by atoms with Crippen molar-refractivity contribution >= 4 is 27.5 Å². The molecule has 1 atom stereocenters. The van der Waals surface area contributed by atoms with Gasteiger partial charge in [0, 0.05) is 19.5 Å². The van der Waals surface area contributed by atoms with Crippen molar-refractivity contribution < 1.29 is 17.6 Å². The average Bonchev–Trinajstić information content (AvgIpc) is 2.69. The molecule has 8 heteroatoms. The fraction of sp³-hybridized carbons (Fsp3) is 0.381. The zero-order valence-electron chi connectivity index (χ0n) is 16.8. The molecule has 0 aliphatic rings. The second kappa shape index (κ2) is 10.2. The summed E-state index contributed by atoms with van der Waals surface area (Å²) in [7, 11) is -3.49. The normalized spacial score (nSPS) is 12.8. The number of nitrogens with one attached hydrogen (secondary N) is 1. The van der Waals surface area contributed by atoms with Gasteiger partial charge in [-0.15, -0.1) is 0 Å². The molecular formula is C21H26ClFN2O3S. The Kier molecular flexibility index (Phi) is 8.19. The number of rotatable bonds is 9. The summed E-state index contributed by atoms with van der Waals surface area (Å²) in [5, 5.41) is 2.87. The SMILES string of the molecule is CCN(CC)S(=O)(=O)c1ccc(CCC(=O)NC(C)c2ccc(F)c(Cl)c2)cc1. The van der Waals surface area contributed by atoms with Crippen LogP contribution in [-0.2, 0) is 21.2 Å². The lowest BCUT2D eigenvalue weighted by molar-refractivity contribution is -0.121. The number of amides is 1. The van der Waals surface area contributed by atoms with E-state index in [1.165, 1.54) is 16.4 Å². The highest BCUT2D eigenvalue weighted by Crippen LogP contribution is 2.21. The zero-order valence-corrected chi connectivity index (χ0v) is 18.4. The number of sulfonamides is 1. The Morgan fingerprint density at radius 2 is 1.76 bits per heavy atom. The first-order chi connectivity index (χ1) is 13.7. The Labute approximate surface area is 176 Å². The number of hydrogen-bond donors (Lipinski definition) is 1. The summed E-state index contributed by atoms with van der Waals surface area (Å²) in [6, 6.07) is 10.7. The predicted octanol–water partition coefficient (Wildman–Crippen LogP) is 4.32. The van der Waals surface area contributed by atoms with Gasteiger partial charge in [0.05, 0.1) is 16.0 Å². The van der Waals surface area contributed by atoms with Gasteiger partial charge in [-0.25, -0.2) is 12.8 Å². The molecule has 0 aliphatic heterocycles. The van der Waals surface area contributed by atoms with Crippen LogP contribution in [-0.4, -0.2) is 31.7 Å². The molecular weight excluding hydrogens is 415 g/mol. The minimum atomic E-state index is -3.49. The average molecular weight is 441 g/mol. The molecule has 29 heavy (non-hydrogen) atoms. The molecule has 0 saturated carbocycles. The minimum Gasteiger partial charge on any atom is -0.350 e. The van der Waals surface area contributed by atoms with Crippen LogP contribution in [0.5, 0.6) is 0 Å². The number of halogens is 2. The summed E-state index contributed by atoms with van der Waals surface area (Å²) in [4.78, 5) is 12.5. The van der Waals surface area contributed by atoms with Crippen molar-refractivity contribution in [3.63, 3.8) is 0 Å². The number of nitrogens with zero attached hydrogens (tertiary/aromatic N) is 1. The standard InChI is InChI=1S/C21H26ClFN2O3S/c1-4-25(5-2)29(27,28)18-10-6-16(7-11-18)8-13-21(26)24-15(3)17-9-12-20(23)19(22)14-17/h6-7,9-12,14-15H,4-5,8,13H2,1-3H3,(H,24,26). The number of hydrogen-bond acceptors (Lipinski definition) is 3. The lowest BCUT2D eigenvalue weighted by Gasteiger charge is -2.18. The van der Waals surface area contributed by atoms with Crippen LogP contribution in [0.15, 0.2) is 47.4 Å². The van der Waals surface area contributed by atoms with Gasteiger partial charge in [0.2, 0.25) is 15.9 Å². The van der Waals surface area contributed by atoms with E-state index in [1.807, 2.05) is 0 Å². The maximum atomic E-state index is 13.3. The molecule has 0 saturated heterocycles. The molecule has 0 fully saturated rings. The third kappa shape index (κ3) is 6.01. The van der Waals surface area contributed by atoms with Crippen LogP contribution < -0.4 is 5.32 Å². The fourth-order valence-electron chi connectivity index (χ4n) is 2.98. The van der Waals surface area contributed by atoms with E-state index in [1.54, 1.807) is 51.1 Å². The summed E-state index contributed by atoms with van der Waals surface area (Å²) in [5.41, 5.74) is 1.59. The van der Waals surface area contributed by atoms with Gasteiger partial charge in [0.25, 0.3) is 0 Å². The Morgan fingerprint density at radius 1 is 1.14 bits per heavy atom. The second-order valence-corrected chi connectivity index (χ2v) is 9.04. The highest BCUT2D eigenvalue weighted by Gasteiger charge is 2.21. The molecule has 0 spiro atoms. The number of carbonyl (C=O) groups is 1. The highest BCUT2D eigenvalue weighted by molar-refractivity contribution is 7.89. The number of aryl methyl sites for hydroxylation is 1. The van der Waals surface area contributed by atoms with Gasteiger partial charge in [-0.3, -0.25) is 4.79 Å². The van der Waals surface area contributed by atoms with Crippen LogP contribution >= 0.6 is 11.6 Å². The van der Waals surface area contributed by atoms with Gasteiger partial charge in [-0.05, 0) is 48.7 Å². The Bertz CT molecular complexity index is 945. The summed E-state index contributed by atoms with van der Waals surface area (Å²) >= 11 is 5.78. The minimum absolute atomic E-state index is 0.0170. The molecule has 0 aliphatic carbocycles. The lowest BCUT2D eigenvalue weighted by atomic mass is 10.1. The first kappa shape index (κ1) is 23.3. The van der Waals surface area contributed by atoms with Crippen molar-refractivity contribution in [1.29, 1.82) is 0 Å². The monoisotopic (exact) mass is 440 g/mol. The predicted molar refractivity (Wildman–Crippen MR) is 113 cm³/mol. The topological polar surface area (TPSA) is 66.5 Å². The molecule has 0 heterocycles. The van der Waals surface area contributed by atoms with Crippen molar-refractivity contribution in [3.8, 4) is 0 Å². The van der Waals surface area contributed by atoms with Crippen molar-refractivity contribution in [1.82, 2.24) is 9.62 Å². The Balaban J connectivity index is 1.94. The molecule has 2 rings (SSSR count). The molecule has 0 bridgehead atoms. The van der Waals surface area contributed by atoms with Crippen LogP contribution in [0.3, 0.4) is 0 Å². The van der Waals surface area contributed by atoms with E-state index in [4.69, 9.17) is 11.6 Å². The first-order valence-corrected chi connectivity index (χ1v) is 11.3. The third-order valence-electron chi connectivity index (χ3n) is 4.73. The second-order valence-electron chi connectivity index (χ2n) is 6.70. The quantitative estimate of drug-likeness (QED) is 0.631.